The lowest BCUT2D eigenvalue weighted by Gasteiger charge is -1.98. The van der Waals surface area contributed by atoms with Crippen molar-refractivity contribution in [2.75, 3.05) is 0 Å². The highest BCUT2D eigenvalue weighted by molar-refractivity contribution is 5.67. The molecular formula is C11H8F2N2O2. The summed E-state index contributed by atoms with van der Waals surface area (Å²) in [6.45, 7) is -0.294. The Bertz CT molecular complexity index is 546. The Morgan fingerprint density at radius 2 is 1.88 bits per heavy atom. The predicted molar refractivity (Wildman–Crippen MR) is 55.2 cm³/mol. The number of hydrogen-bond acceptors (Lipinski definition) is 2. The van der Waals surface area contributed by atoms with Crippen LogP contribution in [0.15, 0.2) is 30.6 Å². The number of hydrogen-bond donors (Lipinski definition) is 1. The lowest BCUT2D eigenvalue weighted by molar-refractivity contribution is -0.137. The van der Waals surface area contributed by atoms with E-state index < -0.39 is 17.6 Å². The van der Waals surface area contributed by atoms with E-state index in [2.05, 4.69) is 5.10 Å². The summed E-state index contributed by atoms with van der Waals surface area (Å²) in [6.07, 6.45) is 2.78. The van der Waals surface area contributed by atoms with Crippen molar-refractivity contribution >= 4 is 5.97 Å². The summed E-state index contributed by atoms with van der Waals surface area (Å²) in [7, 11) is 0. The monoisotopic (exact) mass is 238 g/mol. The molecule has 0 bridgehead atoms. The van der Waals surface area contributed by atoms with Crippen LogP contribution in [0.25, 0.3) is 11.1 Å². The molecule has 0 aliphatic heterocycles. The number of nitrogens with zero attached hydrogens (tertiary/aromatic N) is 2. The molecule has 0 unspecified atom stereocenters. The number of halogens is 2. The molecule has 0 fully saturated rings. The lowest BCUT2D eigenvalue weighted by atomic mass is 10.1. The van der Waals surface area contributed by atoms with Gasteiger partial charge in [0.05, 0.1) is 6.20 Å². The molecule has 0 aliphatic rings. The molecule has 6 heteroatoms. The largest absolute Gasteiger partial charge is 0.480 e. The second-order valence-electron chi connectivity index (χ2n) is 3.48. The molecule has 0 aliphatic carbocycles. The van der Waals surface area contributed by atoms with Crippen LogP contribution in [0.1, 0.15) is 0 Å². The minimum Gasteiger partial charge on any atom is -0.480 e. The highest BCUT2D eigenvalue weighted by atomic mass is 19.1. The number of carboxylic acid groups (broad SMARTS) is 1. The van der Waals surface area contributed by atoms with E-state index in [0.717, 1.165) is 18.2 Å². The van der Waals surface area contributed by atoms with Gasteiger partial charge in [0, 0.05) is 17.8 Å². The first-order chi connectivity index (χ1) is 8.04. The molecule has 0 saturated carbocycles. The second kappa shape index (κ2) is 4.32. The minimum absolute atomic E-state index is 0.294. The third-order valence-corrected chi connectivity index (χ3v) is 2.13. The molecule has 1 heterocycles. The fourth-order valence-corrected chi connectivity index (χ4v) is 1.46. The average molecular weight is 238 g/mol. The highest BCUT2D eigenvalue weighted by Gasteiger charge is 2.07. The van der Waals surface area contributed by atoms with Gasteiger partial charge >= 0.3 is 5.97 Å². The van der Waals surface area contributed by atoms with E-state index >= 15 is 0 Å². The molecule has 2 rings (SSSR count). The molecule has 0 radical (unpaired) electrons. The van der Waals surface area contributed by atoms with Crippen LogP contribution in [0.2, 0.25) is 0 Å². The van der Waals surface area contributed by atoms with Gasteiger partial charge in [-0.25, -0.2) is 8.78 Å². The van der Waals surface area contributed by atoms with Crippen LogP contribution in [0.4, 0.5) is 8.78 Å². The molecule has 0 spiro atoms. The molecule has 1 aromatic carbocycles. The fourth-order valence-electron chi connectivity index (χ4n) is 1.46. The van der Waals surface area contributed by atoms with E-state index in [-0.39, 0.29) is 6.54 Å². The van der Waals surface area contributed by atoms with Crippen LogP contribution in [-0.4, -0.2) is 20.9 Å². The van der Waals surface area contributed by atoms with Gasteiger partial charge < -0.3 is 5.11 Å². The van der Waals surface area contributed by atoms with Gasteiger partial charge in [-0.15, -0.1) is 0 Å². The molecule has 1 N–H and O–H groups in total. The SMILES string of the molecule is O=C(O)Cn1cc(-c2cc(F)cc(F)c2)cn1. The average Bonchev–Trinajstić information content (AvgIpc) is 2.63. The predicted octanol–water partition coefficient (Wildman–Crippen LogP) is 1.91. The van der Waals surface area contributed by atoms with Gasteiger partial charge in [-0.2, -0.15) is 5.10 Å². The van der Waals surface area contributed by atoms with Gasteiger partial charge in [-0.1, -0.05) is 0 Å². The topological polar surface area (TPSA) is 55.1 Å². The summed E-state index contributed by atoms with van der Waals surface area (Å²) in [5, 5.41) is 12.3. The first-order valence-electron chi connectivity index (χ1n) is 4.75. The smallest absolute Gasteiger partial charge is 0.325 e. The number of aromatic nitrogens is 2. The first-order valence-corrected chi connectivity index (χ1v) is 4.75. The fraction of sp³-hybridized carbons (Fsp3) is 0.0909. The van der Waals surface area contributed by atoms with Crippen LogP contribution >= 0.6 is 0 Å². The molecule has 4 nitrogen and oxygen atoms in total. The zero-order valence-corrected chi connectivity index (χ0v) is 8.60. The normalized spacial score (nSPS) is 10.5. The molecular weight excluding hydrogens is 230 g/mol. The Hall–Kier alpha value is -2.24. The summed E-state index contributed by atoms with van der Waals surface area (Å²) < 4.78 is 27.1. The van der Waals surface area contributed by atoms with E-state index in [0.29, 0.717) is 11.1 Å². The molecule has 0 atom stereocenters. The zero-order chi connectivity index (χ0) is 12.4. The maximum absolute atomic E-state index is 13.0. The standard InChI is InChI=1S/C11H8F2N2O2/c12-9-1-7(2-10(13)3-9)8-4-14-15(5-8)6-11(16)17/h1-5H,6H2,(H,16,17). The van der Waals surface area contributed by atoms with E-state index in [9.17, 15) is 13.6 Å². The van der Waals surface area contributed by atoms with Crippen molar-refractivity contribution in [3.63, 3.8) is 0 Å². The maximum atomic E-state index is 13.0. The first kappa shape index (κ1) is 11.3. The minimum atomic E-state index is -1.04. The molecule has 88 valence electrons. The molecule has 1 aromatic heterocycles. The summed E-state index contributed by atoms with van der Waals surface area (Å²) in [6, 6.07) is 3.08. The second-order valence-corrected chi connectivity index (χ2v) is 3.48. The summed E-state index contributed by atoms with van der Waals surface area (Å²) >= 11 is 0. The van der Waals surface area contributed by atoms with Crippen molar-refractivity contribution in [2.45, 2.75) is 6.54 Å². The maximum Gasteiger partial charge on any atom is 0.325 e. The van der Waals surface area contributed by atoms with E-state index in [4.69, 9.17) is 5.11 Å². The van der Waals surface area contributed by atoms with Gasteiger partial charge in [-0.3, -0.25) is 9.48 Å². The molecule has 2 aromatic rings. The van der Waals surface area contributed by atoms with Crippen LogP contribution in [0.3, 0.4) is 0 Å². The van der Waals surface area contributed by atoms with Gasteiger partial charge in [-0.05, 0) is 17.7 Å². The van der Waals surface area contributed by atoms with E-state index in [1.54, 1.807) is 0 Å². The zero-order valence-electron chi connectivity index (χ0n) is 8.60. The van der Waals surface area contributed by atoms with Gasteiger partial charge in [0.15, 0.2) is 0 Å². The van der Waals surface area contributed by atoms with Crippen LogP contribution < -0.4 is 0 Å². The van der Waals surface area contributed by atoms with Crippen LogP contribution in [0, 0.1) is 11.6 Å². The number of aliphatic carboxylic acids is 1. The number of carboxylic acids is 1. The quantitative estimate of drug-likeness (QED) is 0.888. The Balaban J connectivity index is 2.33. The number of rotatable bonds is 3. The van der Waals surface area contributed by atoms with E-state index in [1.165, 1.54) is 17.1 Å². The van der Waals surface area contributed by atoms with Crippen molar-refractivity contribution in [3.8, 4) is 11.1 Å². The highest BCUT2D eigenvalue weighted by Crippen LogP contribution is 2.20. The summed E-state index contributed by atoms with van der Waals surface area (Å²) in [5.74, 6) is -2.41. The van der Waals surface area contributed by atoms with Gasteiger partial charge in [0.1, 0.15) is 18.2 Å². The van der Waals surface area contributed by atoms with E-state index in [1.807, 2.05) is 0 Å². The van der Waals surface area contributed by atoms with Crippen molar-refractivity contribution in [3.05, 3.63) is 42.2 Å². The molecule has 0 amide bonds. The Labute approximate surface area is 95.1 Å². The van der Waals surface area contributed by atoms with Crippen molar-refractivity contribution in [2.24, 2.45) is 0 Å². The number of benzene rings is 1. The third-order valence-electron chi connectivity index (χ3n) is 2.13. The Morgan fingerprint density at radius 1 is 1.24 bits per heavy atom. The number of carbonyl (C=O) groups is 1. The van der Waals surface area contributed by atoms with Crippen LogP contribution in [-0.2, 0) is 11.3 Å². The molecule has 0 saturated heterocycles. The Kier molecular flexibility index (Phi) is 2.86. The summed E-state index contributed by atoms with van der Waals surface area (Å²) in [4.78, 5) is 10.4. The van der Waals surface area contributed by atoms with Gasteiger partial charge in [0.25, 0.3) is 0 Å². The molecule has 17 heavy (non-hydrogen) atoms. The Morgan fingerprint density at radius 3 is 2.47 bits per heavy atom. The summed E-state index contributed by atoms with van der Waals surface area (Å²) in [5.41, 5.74) is 0.781. The third kappa shape index (κ3) is 2.66. The van der Waals surface area contributed by atoms with Crippen molar-refractivity contribution < 1.29 is 18.7 Å². The van der Waals surface area contributed by atoms with Crippen molar-refractivity contribution in [1.82, 2.24) is 9.78 Å². The van der Waals surface area contributed by atoms with Crippen LogP contribution in [0.5, 0.6) is 0 Å². The van der Waals surface area contributed by atoms with Crippen molar-refractivity contribution in [1.29, 1.82) is 0 Å². The lowest BCUT2D eigenvalue weighted by Crippen LogP contribution is -2.08. The van der Waals surface area contributed by atoms with Gasteiger partial charge in [0.2, 0.25) is 0 Å².